The van der Waals surface area contributed by atoms with E-state index in [1.165, 1.54) is 12.0 Å². The molecule has 1 saturated heterocycles. The van der Waals surface area contributed by atoms with Crippen molar-refractivity contribution in [2.24, 2.45) is 0 Å². The van der Waals surface area contributed by atoms with Gasteiger partial charge in [0.1, 0.15) is 5.60 Å². The summed E-state index contributed by atoms with van der Waals surface area (Å²) in [5, 5.41) is 4.84. The van der Waals surface area contributed by atoms with Crippen LogP contribution in [-0.2, 0) is 11.2 Å². The second-order valence-electron chi connectivity index (χ2n) is 7.54. The van der Waals surface area contributed by atoms with E-state index in [4.69, 9.17) is 4.74 Å². The van der Waals surface area contributed by atoms with Crippen LogP contribution in [0.25, 0.3) is 10.9 Å². The quantitative estimate of drug-likeness (QED) is 0.733. The molecule has 2 bridgehead atoms. The number of nitrogens with one attached hydrogen (secondary N) is 1. The van der Waals surface area contributed by atoms with Gasteiger partial charge in [0, 0.05) is 34.1 Å². The normalized spacial score (nSPS) is 23.1. The fourth-order valence-corrected chi connectivity index (χ4v) is 4.24. The van der Waals surface area contributed by atoms with Crippen molar-refractivity contribution in [3.05, 3.63) is 33.9 Å². The molecule has 2 aromatic rings. The van der Waals surface area contributed by atoms with Crippen LogP contribution in [0.5, 0.6) is 0 Å². The Hall–Kier alpha value is -1.33. The molecule has 1 N–H and O–H groups in total. The summed E-state index contributed by atoms with van der Waals surface area (Å²) < 4.78 is 8.45. The third kappa shape index (κ3) is 2.50. The number of hydrogen-bond donors (Lipinski definition) is 1. The van der Waals surface area contributed by atoms with Gasteiger partial charge in [-0.25, -0.2) is 9.36 Å². The third-order valence-electron chi connectivity index (χ3n) is 4.68. The van der Waals surface area contributed by atoms with Crippen LogP contribution in [0.3, 0.4) is 0 Å². The zero-order chi connectivity index (χ0) is 16.4. The number of carbonyl (C=O) groups excluding carboxylic acids is 1. The molecule has 3 heterocycles. The number of nitrogens with zero attached hydrogens (tertiary/aromatic N) is 1. The highest BCUT2D eigenvalue weighted by molar-refractivity contribution is 9.10. The Morgan fingerprint density at radius 3 is 2.87 bits per heavy atom. The van der Waals surface area contributed by atoms with Crippen molar-refractivity contribution in [1.82, 2.24) is 9.88 Å². The SMILES string of the molecule is CC(C)(C)OC(=O)n1c2c(c3ccc(Br)cc31)C1CCC(C2)N1. The van der Waals surface area contributed by atoms with Crippen molar-refractivity contribution >= 4 is 32.9 Å². The van der Waals surface area contributed by atoms with Crippen molar-refractivity contribution in [3.63, 3.8) is 0 Å². The van der Waals surface area contributed by atoms with Gasteiger partial charge >= 0.3 is 6.09 Å². The van der Waals surface area contributed by atoms with Crippen LogP contribution in [-0.4, -0.2) is 22.3 Å². The average molecular weight is 377 g/mol. The summed E-state index contributed by atoms with van der Waals surface area (Å²) in [5.74, 6) is 0. The molecule has 0 saturated carbocycles. The number of benzene rings is 1. The lowest BCUT2D eigenvalue weighted by molar-refractivity contribution is 0.0539. The number of fused-ring (bicyclic) bond motifs is 6. The van der Waals surface area contributed by atoms with Crippen LogP contribution in [0.4, 0.5) is 4.79 Å². The molecule has 1 fully saturated rings. The van der Waals surface area contributed by atoms with E-state index in [2.05, 4.69) is 27.3 Å². The zero-order valence-corrected chi connectivity index (χ0v) is 15.2. The van der Waals surface area contributed by atoms with E-state index in [9.17, 15) is 4.79 Å². The van der Waals surface area contributed by atoms with E-state index < -0.39 is 5.60 Å². The number of hydrogen-bond acceptors (Lipinski definition) is 3. The molecule has 122 valence electrons. The minimum Gasteiger partial charge on any atom is -0.443 e. The molecule has 23 heavy (non-hydrogen) atoms. The fourth-order valence-electron chi connectivity index (χ4n) is 3.89. The predicted octanol–water partition coefficient (Wildman–Crippen LogP) is 4.54. The Balaban J connectivity index is 1.94. The Kier molecular flexibility index (Phi) is 3.36. The largest absolute Gasteiger partial charge is 0.443 e. The Bertz CT molecular complexity index is 803. The van der Waals surface area contributed by atoms with E-state index in [-0.39, 0.29) is 6.09 Å². The van der Waals surface area contributed by atoms with Gasteiger partial charge in [-0.05, 0) is 51.3 Å². The topological polar surface area (TPSA) is 43.3 Å². The standard InChI is InChI=1S/C18H21BrN2O2/c1-18(2,3)23-17(22)21-14-8-10(19)4-6-12(14)16-13-7-5-11(20-13)9-15(16)21/h4,6,8,11,13,20H,5,7,9H2,1-3H3. The van der Waals surface area contributed by atoms with E-state index in [1.807, 2.05) is 32.9 Å². The molecule has 2 atom stereocenters. The summed E-state index contributed by atoms with van der Waals surface area (Å²) >= 11 is 3.53. The second kappa shape index (κ2) is 5.08. The van der Waals surface area contributed by atoms with E-state index in [0.29, 0.717) is 12.1 Å². The molecule has 1 aromatic heterocycles. The number of halogens is 1. The molecule has 0 amide bonds. The lowest BCUT2D eigenvalue weighted by atomic mass is 9.99. The molecule has 0 aliphatic carbocycles. The van der Waals surface area contributed by atoms with E-state index in [0.717, 1.165) is 33.9 Å². The molecule has 5 heteroatoms. The summed E-state index contributed by atoms with van der Waals surface area (Å²) in [7, 11) is 0. The number of rotatable bonds is 0. The zero-order valence-electron chi connectivity index (χ0n) is 13.6. The first-order valence-corrected chi connectivity index (χ1v) is 8.95. The van der Waals surface area contributed by atoms with Gasteiger partial charge in [-0.1, -0.05) is 22.0 Å². The Labute approximate surface area is 144 Å². The molecule has 4 nitrogen and oxygen atoms in total. The van der Waals surface area contributed by atoms with Crippen LogP contribution in [0.1, 0.15) is 50.9 Å². The average Bonchev–Trinajstić information content (AvgIpc) is 2.96. The first kappa shape index (κ1) is 15.2. The Morgan fingerprint density at radius 1 is 1.35 bits per heavy atom. The van der Waals surface area contributed by atoms with Gasteiger partial charge in [-0.3, -0.25) is 0 Å². The smallest absolute Gasteiger partial charge is 0.419 e. The molecular weight excluding hydrogens is 356 g/mol. The van der Waals surface area contributed by atoms with Crippen LogP contribution >= 0.6 is 15.9 Å². The van der Waals surface area contributed by atoms with Crippen LogP contribution in [0.15, 0.2) is 22.7 Å². The van der Waals surface area contributed by atoms with Crippen molar-refractivity contribution < 1.29 is 9.53 Å². The molecule has 2 aliphatic heterocycles. The lowest BCUT2D eigenvalue weighted by Gasteiger charge is -2.25. The van der Waals surface area contributed by atoms with Crippen LogP contribution in [0, 0.1) is 0 Å². The van der Waals surface area contributed by atoms with Gasteiger partial charge in [-0.2, -0.15) is 0 Å². The summed E-state index contributed by atoms with van der Waals surface area (Å²) in [5.41, 5.74) is 2.84. The van der Waals surface area contributed by atoms with Gasteiger partial charge in [0.25, 0.3) is 0 Å². The molecule has 0 radical (unpaired) electrons. The summed E-state index contributed by atoms with van der Waals surface area (Å²) in [6, 6.07) is 7.01. The maximum absolute atomic E-state index is 12.9. The summed E-state index contributed by atoms with van der Waals surface area (Å²) in [6.45, 7) is 5.72. The van der Waals surface area contributed by atoms with Gasteiger partial charge in [0.2, 0.25) is 0 Å². The highest BCUT2D eigenvalue weighted by Gasteiger charge is 2.38. The van der Waals surface area contributed by atoms with Crippen molar-refractivity contribution in [3.8, 4) is 0 Å². The van der Waals surface area contributed by atoms with Crippen molar-refractivity contribution in [1.29, 1.82) is 0 Å². The minimum atomic E-state index is -0.502. The number of ether oxygens (including phenoxy) is 1. The van der Waals surface area contributed by atoms with Crippen LogP contribution in [0.2, 0.25) is 0 Å². The number of carbonyl (C=O) groups is 1. The van der Waals surface area contributed by atoms with Crippen LogP contribution < -0.4 is 5.32 Å². The van der Waals surface area contributed by atoms with Gasteiger partial charge in [0.05, 0.1) is 5.52 Å². The monoisotopic (exact) mass is 376 g/mol. The minimum absolute atomic E-state index is 0.275. The lowest BCUT2D eigenvalue weighted by Crippen LogP contribution is -2.34. The molecule has 2 aliphatic rings. The predicted molar refractivity (Wildman–Crippen MR) is 93.9 cm³/mol. The molecule has 2 unspecified atom stereocenters. The maximum Gasteiger partial charge on any atom is 0.419 e. The molecule has 1 aromatic carbocycles. The first-order valence-electron chi connectivity index (χ1n) is 8.15. The number of aromatic nitrogens is 1. The van der Waals surface area contributed by atoms with Gasteiger partial charge in [-0.15, -0.1) is 0 Å². The highest BCUT2D eigenvalue weighted by Crippen LogP contribution is 2.42. The van der Waals surface area contributed by atoms with Gasteiger partial charge in [0.15, 0.2) is 0 Å². The molecule has 4 rings (SSSR count). The third-order valence-corrected chi connectivity index (χ3v) is 5.17. The highest BCUT2D eigenvalue weighted by atomic mass is 79.9. The van der Waals surface area contributed by atoms with E-state index >= 15 is 0 Å². The second-order valence-corrected chi connectivity index (χ2v) is 8.45. The van der Waals surface area contributed by atoms with Crippen molar-refractivity contribution in [2.75, 3.05) is 0 Å². The summed E-state index contributed by atoms with van der Waals surface area (Å²) in [4.78, 5) is 12.9. The Morgan fingerprint density at radius 2 is 2.13 bits per heavy atom. The maximum atomic E-state index is 12.9. The van der Waals surface area contributed by atoms with E-state index in [1.54, 1.807) is 4.57 Å². The van der Waals surface area contributed by atoms with Crippen molar-refractivity contribution in [2.45, 2.75) is 57.7 Å². The summed E-state index contributed by atoms with van der Waals surface area (Å²) in [6.07, 6.45) is 2.92. The van der Waals surface area contributed by atoms with Gasteiger partial charge < -0.3 is 10.1 Å². The fraction of sp³-hybridized carbons (Fsp3) is 0.500. The first-order chi connectivity index (χ1) is 10.8. The molecule has 0 spiro atoms. The molecular formula is C18H21BrN2O2.